The molecule has 0 heterocycles. The van der Waals surface area contributed by atoms with Crippen LogP contribution in [-0.4, -0.2) is 0 Å². The van der Waals surface area contributed by atoms with Crippen LogP contribution in [0, 0.1) is 81.1 Å². The van der Waals surface area contributed by atoms with Crippen LogP contribution < -0.4 is 0 Å². The summed E-state index contributed by atoms with van der Waals surface area (Å²) in [5.74, 6) is 2.04. The van der Waals surface area contributed by atoms with Crippen molar-refractivity contribution >= 4 is 0 Å². The van der Waals surface area contributed by atoms with Crippen molar-refractivity contribution < 1.29 is 0 Å². The molecule has 2 aromatic carbocycles. The molecule has 0 aromatic heterocycles. The Labute approximate surface area is 266 Å². The fourth-order valence-electron chi connectivity index (χ4n) is 5.21. The molecule has 2 aromatic rings. The molecule has 1 aliphatic carbocycles. The predicted octanol–water partition coefficient (Wildman–Crippen LogP) is 14.2. The van der Waals surface area contributed by atoms with E-state index in [4.69, 9.17) is 0 Å². The van der Waals surface area contributed by atoms with E-state index in [-0.39, 0.29) is 0 Å². The zero-order valence-corrected chi connectivity index (χ0v) is 31.8. The lowest BCUT2D eigenvalue weighted by molar-refractivity contribution is 0.308. The number of hydrogen-bond donors (Lipinski definition) is 0. The van der Waals surface area contributed by atoms with E-state index in [9.17, 15) is 0 Å². The number of benzene rings is 2. The fourth-order valence-corrected chi connectivity index (χ4v) is 5.21. The van der Waals surface area contributed by atoms with Gasteiger partial charge in [-0.2, -0.15) is 0 Å². The third kappa shape index (κ3) is 17.3. The van der Waals surface area contributed by atoms with Gasteiger partial charge in [0.1, 0.15) is 0 Å². The van der Waals surface area contributed by atoms with Crippen molar-refractivity contribution in [3.63, 3.8) is 0 Å². The van der Waals surface area contributed by atoms with Crippen LogP contribution >= 0.6 is 0 Å². The summed E-state index contributed by atoms with van der Waals surface area (Å²) in [6.07, 6.45) is 14.6. The van der Waals surface area contributed by atoms with Gasteiger partial charge >= 0.3 is 0 Å². The fraction of sp³-hybridized carbons (Fsp3) is 0.667. The van der Waals surface area contributed by atoms with E-state index in [0.717, 1.165) is 11.8 Å². The Hall–Kier alpha value is -1.82. The molecule has 242 valence electrons. The minimum absolute atomic E-state index is 1.02. The van der Waals surface area contributed by atoms with E-state index in [1.807, 2.05) is 0 Å². The first-order valence-electron chi connectivity index (χ1n) is 17.3. The molecule has 0 unspecified atom stereocenters. The van der Waals surface area contributed by atoms with Gasteiger partial charge in [-0.3, -0.25) is 0 Å². The van der Waals surface area contributed by atoms with Crippen molar-refractivity contribution in [2.24, 2.45) is 11.8 Å². The van der Waals surface area contributed by atoms with Gasteiger partial charge in [-0.15, -0.1) is 0 Å². The van der Waals surface area contributed by atoms with Gasteiger partial charge in [0.2, 0.25) is 0 Å². The molecule has 0 atom stereocenters. The predicted molar refractivity (Wildman–Crippen MR) is 197 cm³/mol. The van der Waals surface area contributed by atoms with Gasteiger partial charge < -0.3 is 0 Å². The second kappa shape index (κ2) is 23.6. The Morgan fingerprint density at radius 2 is 0.881 bits per heavy atom. The highest BCUT2D eigenvalue weighted by Gasteiger charge is 2.13. The largest absolute Gasteiger partial charge is 0.0859 e. The Balaban J connectivity index is 0. The molecule has 0 heteroatoms. The third-order valence-electron chi connectivity index (χ3n) is 9.57. The van der Waals surface area contributed by atoms with Crippen molar-refractivity contribution in [3.8, 4) is 0 Å². The number of aryl methyl sites for hydroxylation is 3. The summed E-state index contributed by atoms with van der Waals surface area (Å²) in [6, 6.07) is 4.45. The van der Waals surface area contributed by atoms with E-state index < -0.39 is 0 Å². The van der Waals surface area contributed by atoms with Gasteiger partial charge in [-0.05, 0) is 151 Å². The topological polar surface area (TPSA) is 0 Å². The standard InChI is InChI=1S/C12H18.C10H14.C8H16.C7H14.C5H12/c1-7-8(2)10(4)12(6)11(5)9(7)3;1-7-5-8(2)10(4)9(3)6-7;1-7-3-5-8(2)6-4-7;1-4-6-7(3)5-2;1-3-5-4-2/h1-6H3;5-6H,1-4H3;7-8H,3-6H2,1-2H3;6H,4-5H2,1-3H3;3-5H2,1-2H3/b;;;7-6+;. The molecule has 3 rings (SSSR count). The monoisotopic (exact) mass is 579 g/mol. The lowest BCUT2D eigenvalue weighted by Crippen LogP contribution is -2.08. The summed E-state index contributed by atoms with van der Waals surface area (Å²) < 4.78 is 0. The quantitative estimate of drug-likeness (QED) is 0.316. The Kier molecular flexibility index (Phi) is 23.8. The highest BCUT2D eigenvalue weighted by Crippen LogP contribution is 2.27. The van der Waals surface area contributed by atoms with Gasteiger partial charge in [0, 0.05) is 0 Å². The minimum Gasteiger partial charge on any atom is -0.0859 e. The van der Waals surface area contributed by atoms with Crippen LogP contribution in [-0.2, 0) is 0 Å². The van der Waals surface area contributed by atoms with Crippen LogP contribution in [0.3, 0.4) is 0 Å². The Morgan fingerprint density at radius 3 is 1.07 bits per heavy atom. The second-order valence-electron chi connectivity index (χ2n) is 13.3. The van der Waals surface area contributed by atoms with E-state index in [2.05, 4.69) is 136 Å². The van der Waals surface area contributed by atoms with Crippen LogP contribution in [0.15, 0.2) is 23.8 Å². The summed E-state index contributed by atoms with van der Waals surface area (Å²) in [7, 11) is 0. The number of rotatable bonds is 4. The van der Waals surface area contributed by atoms with Crippen molar-refractivity contribution in [3.05, 3.63) is 79.4 Å². The molecule has 0 spiro atoms. The maximum atomic E-state index is 2.37. The summed E-state index contributed by atoms with van der Waals surface area (Å²) in [6.45, 7) is 37.6. The van der Waals surface area contributed by atoms with Gasteiger partial charge in [0.25, 0.3) is 0 Å². The highest BCUT2D eigenvalue weighted by molar-refractivity contribution is 5.48. The maximum absolute atomic E-state index is 2.37. The zero-order valence-electron chi connectivity index (χ0n) is 31.8. The van der Waals surface area contributed by atoms with Crippen LogP contribution in [0.2, 0.25) is 0 Å². The molecule has 0 aliphatic heterocycles. The molecule has 42 heavy (non-hydrogen) atoms. The lowest BCUT2D eigenvalue weighted by atomic mass is 9.84. The minimum atomic E-state index is 1.02. The normalized spacial score (nSPS) is 16.0. The molecular weight excluding hydrogens is 504 g/mol. The van der Waals surface area contributed by atoms with Gasteiger partial charge in [-0.25, -0.2) is 0 Å². The molecule has 1 fully saturated rings. The molecule has 0 saturated heterocycles. The van der Waals surface area contributed by atoms with E-state index in [1.54, 1.807) is 0 Å². The van der Waals surface area contributed by atoms with Crippen LogP contribution in [0.1, 0.15) is 162 Å². The first-order valence-corrected chi connectivity index (χ1v) is 17.3. The SMILES string of the molecule is CC/C=C(\C)CC.CC1CCC(C)CC1.CCCCC.Cc1c(C)c(C)c(C)c(C)c1C.Cc1cc(C)c(C)c(C)c1. The number of unbranched alkanes of at least 4 members (excludes halogenated alkanes) is 2. The summed E-state index contributed by atoms with van der Waals surface area (Å²) in [4.78, 5) is 0. The maximum Gasteiger partial charge on any atom is -0.0352 e. The van der Waals surface area contributed by atoms with Gasteiger partial charge in [-0.1, -0.05) is 116 Å². The van der Waals surface area contributed by atoms with Crippen molar-refractivity contribution in [1.82, 2.24) is 0 Å². The molecule has 0 bridgehead atoms. The highest BCUT2D eigenvalue weighted by atomic mass is 14.2. The first-order chi connectivity index (χ1) is 19.6. The van der Waals surface area contributed by atoms with E-state index >= 15 is 0 Å². The van der Waals surface area contributed by atoms with Crippen LogP contribution in [0.5, 0.6) is 0 Å². The smallest absolute Gasteiger partial charge is 0.0352 e. The first kappa shape index (κ1) is 42.3. The van der Waals surface area contributed by atoms with E-state index in [1.165, 1.54) is 119 Å². The van der Waals surface area contributed by atoms with Crippen molar-refractivity contribution in [2.75, 3.05) is 0 Å². The average Bonchev–Trinajstić information content (AvgIpc) is 2.96. The van der Waals surface area contributed by atoms with E-state index in [0.29, 0.717) is 0 Å². The Bertz CT molecular complexity index is 884. The molecule has 0 amide bonds. The zero-order chi connectivity index (χ0) is 33.0. The molecular formula is C42H74. The summed E-state index contributed by atoms with van der Waals surface area (Å²) >= 11 is 0. The molecule has 1 saturated carbocycles. The molecule has 1 aliphatic rings. The van der Waals surface area contributed by atoms with Crippen molar-refractivity contribution in [1.29, 1.82) is 0 Å². The van der Waals surface area contributed by atoms with Gasteiger partial charge in [0.05, 0.1) is 0 Å². The number of hydrogen-bond acceptors (Lipinski definition) is 0. The van der Waals surface area contributed by atoms with Crippen molar-refractivity contribution in [2.45, 2.75) is 175 Å². The molecule has 0 radical (unpaired) electrons. The second-order valence-corrected chi connectivity index (χ2v) is 13.3. The third-order valence-corrected chi connectivity index (χ3v) is 9.57. The van der Waals surface area contributed by atoms with Crippen LogP contribution in [0.4, 0.5) is 0 Å². The summed E-state index contributed by atoms with van der Waals surface area (Å²) in [5.41, 5.74) is 15.8. The Morgan fingerprint density at radius 1 is 0.571 bits per heavy atom. The lowest BCUT2D eigenvalue weighted by Gasteiger charge is -2.22. The molecule has 0 N–H and O–H groups in total. The average molecular weight is 579 g/mol. The molecule has 0 nitrogen and oxygen atoms in total. The number of allylic oxidation sites excluding steroid dienone is 2. The summed E-state index contributed by atoms with van der Waals surface area (Å²) in [5, 5.41) is 0. The van der Waals surface area contributed by atoms with Crippen LogP contribution in [0.25, 0.3) is 0 Å². The van der Waals surface area contributed by atoms with Gasteiger partial charge in [0.15, 0.2) is 0 Å².